The maximum atomic E-state index is 10.5. The number of hydrogen-bond acceptors (Lipinski definition) is 1. The van der Waals surface area contributed by atoms with Crippen molar-refractivity contribution in [3.8, 4) is 0 Å². The first kappa shape index (κ1) is 11.0. The molecule has 0 aromatic heterocycles. The average Bonchev–Trinajstić information content (AvgIpc) is 1.88. The molecule has 0 heterocycles. The van der Waals surface area contributed by atoms with E-state index in [0.29, 0.717) is 0 Å². The summed E-state index contributed by atoms with van der Waals surface area (Å²) in [4.78, 5) is 10.5. The number of carboxylic acids is 1. The van der Waals surface area contributed by atoms with Gasteiger partial charge >= 0.3 is 5.97 Å². The lowest BCUT2D eigenvalue weighted by Gasteiger charge is -2.22. The highest BCUT2D eigenvalue weighted by Crippen LogP contribution is 2.27. The van der Waals surface area contributed by atoms with Crippen LogP contribution in [-0.2, 0) is 4.79 Å². The molecule has 0 radical (unpaired) electrons. The van der Waals surface area contributed by atoms with Crippen molar-refractivity contribution in [1.82, 2.24) is 0 Å². The van der Waals surface area contributed by atoms with Gasteiger partial charge in [0.05, 0.1) is 5.92 Å². The third-order valence-electron chi connectivity index (χ3n) is 2.37. The number of carbonyl (C=O) groups is 1. The summed E-state index contributed by atoms with van der Waals surface area (Å²) < 4.78 is 0. The Hall–Kier alpha value is 0.00247. The van der Waals surface area contributed by atoms with Crippen LogP contribution in [0.4, 0.5) is 0 Å². The normalized spacial score (nSPS) is 30.6. The monoisotopic (exact) mass is 172 g/mol. The zero-order valence-electron chi connectivity index (χ0n) is 6.34. The molecule has 0 saturated heterocycles. The van der Waals surface area contributed by atoms with Crippen LogP contribution >= 0.6 is 0 Å². The molecule has 1 fully saturated rings. The minimum atomic E-state index is -0.605. The van der Waals surface area contributed by atoms with Crippen LogP contribution in [0.2, 0.25) is 0 Å². The maximum absolute atomic E-state index is 10.5. The van der Waals surface area contributed by atoms with Crippen LogP contribution in [0.1, 0.15) is 32.6 Å². The van der Waals surface area contributed by atoms with E-state index in [1.807, 2.05) is 0 Å². The minimum Gasteiger partial charge on any atom is -0.481 e. The Bertz CT molecular complexity index is 128. The molecular weight excluding hydrogens is 155 g/mol. The standard InChI is InChI=1S/C8H14O2.Al.3H/c1-6-2-4-7(5-3-6)8(9)10;;;;/h6-7H,2-5H2,1H3,(H,9,10);;;;. The molecule has 1 rings (SSSR count). The minimum absolute atomic E-state index is 0. The summed E-state index contributed by atoms with van der Waals surface area (Å²) in [5, 5.41) is 8.62. The van der Waals surface area contributed by atoms with Gasteiger partial charge in [-0.25, -0.2) is 0 Å². The predicted octanol–water partition coefficient (Wildman–Crippen LogP) is 0.713. The third-order valence-corrected chi connectivity index (χ3v) is 2.37. The van der Waals surface area contributed by atoms with Crippen LogP contribution in [-0.4, -0.2) is 28.4 Å². The Labute approximate surface area is 78.1 Å². The highest BCUT2D eigenvalue weighted by atomic mass is 27.0. The van der Waals surface area contributed by atoms with Crippen molar-refractivity contribution >= 4 is 23.3 Å². The topological polar surface area (TPSA) is 37.3 Å². The van der Waals surface area contributed by atoms with E-state index in [9.17, 15) is 4.79 Å². The fourth-order valence-corrected chi connectivity index (χ4v) is 1.51. The quantitative estimate of drug-likeness (QED) is 0.591. The van der Waals surface area contributed by atoms with Crippen molar-refractivity contribution in [3.63, 3.8) is 0 Å². The molecule has 0 unspecified atom stereocenters. The van der Waals surface area contributed by atoms with Crippen LogP contribution < -0.4 is 0 Å². The van der Waals surface area contributed by atoms with Crippen LogP contribution in [0.25, 0.3) is 0 Å². The summed E-state index contributed by atoms with van der Waals surface area (Å²) in [6, 6.07) is 0. The van der Waals surface area contributed by atoms with E-state index in [-0.39, 0.29) is 23.3 Å². The smallest absolute Gasteiger partial charge is 0.306 e. The van der Waals surface area contributed by atoms with Crippen LogP contribution in [0.3, 0.4) is 0 Å². The van der Waals surface area contributed by atoms with Crippen molar-refractivity contribution < 1.29 is 9.90 Å². The van der Waals surface area contributed by atoms with Crippen LogP contribution in [0.15, 0.2) is 0 Å². The van der Waals surface area contributed by atoms with Gasteiger partial charge in [0.1, 0.15) is 0 Å². The summed E-state index contributed by atoms with van der Waals surface area (Å²) in [5.74, 6) is 0.0960. The van der Waals surface area contributed by atoms with E-state index in [2.05, 4.69) is 6.92 Å². The summed E-state index contributed by atoms with van der Waals surface area (Å²) >= 11 is 0. The molecule has 0 atom stereocenters. The summed E-state index contributed by atoms with van der Waals surface area (Å²) in [6.45, 7) is 2.19. The van der Waals surface area contributed by atoms with E-state index in [1.165, 1.54) is 0 Å². The van der Waals surface area contributed by atoms with Gasteiger partial charge in [-0.2, -0.15) is 0 Å². The van der Waals surface area contributed by atoms with Gasteiger partial charge in [0, 0.05) is 0 Å². The second kappa shape index (κ2) is 4.79. The largest absolute Gasteiger partial charge is 0.481 e. The zero-order valence-corrected chi connectivity index (χ0v) is 6.34. The highest BCUT2D eigenvalue weighted by Gasteiger charge is 2.23. The fourth-order valence-electron chi connectivity index (χ4n) is 1.51. The maximum Gasteiger partial charge on any atom is 0.306 e. The molecule has 0 aliphatic heterocycles. The number of aliphatic carboxylic acids is 1. The lowest BCUT2D eigenvalue weighted by atomic mass is 9.83. The molecule has 2 nitrogen and oxygen atoms in total. The SMILES string of the molecule is CC1CCC(C(=O)O)CC1.[AlH3]. The van der Waals surface area contributed by atoms with Gasteiger partial charge in [-0.1, -0.05) is 6.92 Å². The van der Waals surface area contributed by atoms with E-state index < -0.39 is 5.97 Å². The second-order valence-electron chi connectivity index (χ2n) is 3.30. The van der Waals surface area contributed by atoms with E-state index in [4.69, 9.17) is 5.11 Å². The Balaban J connectivity index is 0.000001000. The molecule has 0 spiro atoms. The molecule has 0 aromatic rings. The molecule has 0 aromatic carbocycles. The molecule has 1 saturated carbocycles. The van der Waals surface area contributed by atoms with Gasteiger partial charge in [-0.05, 0) is 31.6 Å². The van der Waals surface area contributed by atoms with Crippen molar-refractivity contribution in [2.75, 3.05) is 0 Å². The van der Waals surface area contributed by atoms with Crippen molar-refractivity contribution in [1.29, 1.82) is 0 Å². The predicted molar refractivity (Wildman–Crippen MR) is 48.7 cm³/mol. The molecule has 1 aliphatic carbocycles. The van der Waals surface area contributed by atoms with Gasteiger partial charge in [-0.3, -0.25) is 4.79 Å². The highest BCUT2D eigenvalue weighted by molar-refractivity contribution is 5.75. The van der Waals surface area contributed by atoms with E-state index in [0.717, 1.165) is 31.6 Å². The molecule has 0 amide bonds. The first-order valence-corrected chi connectivity index (χ1v) is 3.93. The third kappa shape index (κ3) is 3.27. The van der Waals surface area contributed by atoms with Crippen molar-refractivity contribution in [3.05, 3.63) is 0 Å². The van der Waals surface area contributed by atoms with Gasteiger partial charge < -0.3 is 5.11 Å². The molecular formula is C8H17AlO2. The van der Waals surface area contributed by atoms with E-state index in [1.54, 1.807) is 0 Å². The molecule has 3 heteroatoms. The molecule has 64 valence electrons. The van der Waals surface area contributed by atoms with Gasteiger partial charge in [0.15, 0.2) is 17.4 Å². The van der Waals surface area contributed by atoms with Gasteiger partial charge in [-0.15, -0.1) is 0 Å². The lowest BCUT2D eigenvalue weighted by molar-refractivity contribution is -0.143. The Kier molecular flexibility index (Phi) is 4.80. The molecule has 11 heavy (non-hydrogen) atoms. The zero-order chi connectivity index (χ0) is 7.56. The fraction of sp³-hybridized carbons (Fsp3) is 0.875. The van der Waals surface area contributed by atoms with Crippen LogP contribution in [0, 0.1) is 11.8 Å². The molecule has 1 N–H and O–H groups in total. The Morgan fingerprint density at radius 1 is 1.27 bits per heavy atom. The van der Waals surface area contributed by atoms with Gasteiger partial charge in [0.2, 0.25) is 0 Å². The number of rotatable bonds is 1. The second-order valence-corrected chi connectivity index (χ2v) is 3.30. The molecule has 0 bridgehead atoms. The van der Waals surface area contributed by atoms with Crippen LogP contribution in [0.5, 0.6) is 0 Å². The number of carboxylic acid groups (broad SMARTS) is 1. The van der Waals surface area contributed by atoms with Crippen molar-refractivity contribution in [2.45, 2.75) is 32.6 Å². The summed E-state index contributed by atoms with van der Waals surface area (Å²) in [6.07, 6.45) is 3.96. The Morgan fingerprint density at radius 3 is 2.09 bits per heavy atom. The first-order chi connectivity index (χ1) is 4.70. The number of hydrogen-bond donors (Lipinski definition) is 1. The average molecular weight is 172 g/mol. The summed E-state index contributed by atoms with van der Waals surface area (Å²) in [7, 11) is 0. The Morgan fingerprint density at radius 2 is 1.73 bits per heavy atom. The van der Waals surface area contributed by atoms with Crippen molar-refractivity contribution in [2.24, 2.45) is 11.8 Å². The lowest BCUT2D eigenvalue weighted by Crippen LogP contribution is -2.19. The summed E-state index contributed by atoms with van der Waals surface area (Å²) in [5.41, 5.74) is 0. The first-order valence-electron chi connectivity index (χ1n) is 3.93. The van der Waals surface area contributed by atoms with E-state index >= 15 is 0 Å². The van der Waals surface area contributed by atoms with Gasteiger partial charge in [0.25, 0.3) is 0 Å². The molecule has 1 aliphatic rings.